The van der Waals surface area contributed by atoms with Crippen LogP contribution in [0, 0.1) is 27.7 Å². The SMILES string of the molecule is Cc1ccc(-c2cn3ccc(-c4nc5c(C)ncc(C)n5n4)cc3n2)c(C)c1. The molecule has 6 nitrogen and oxygen atoms in total. The van der Waals surface area contributed by atoms with Gasteiger partial charge in [-0.1, -0.05) is 23.8 Å². The van der Waals surface area contributed by atoms with Gasteiger partial charge in [0, 0.05) is 29.7 Å². The largest absolute Gasteiger partial charge is 0.306 e. The number of aryl methyl sites for hydroxylation is 4. The highest BCUT2D eigenvalue weighted by Gasteiger charge is 2.13. The zero-order valence-electron chi connectivity index (χ0n) is 16.3. The predicted molar refractivity (Wildman–Crippen MR) is 109 cm³/mol. The van der Waals surface area contributed by atoms with E-state index in [1.807, 2.05) is 47.3 Å². The molecule has 0 amide bonds. The zero-order chi connectivity index (χ0) is 19.4. The number of aromatic nitrogens is 6. The molecule has 4 aromatic heterocycles. The summed E-state index contributed by atoms with van der Waals surface area (Å²) < 4.78 is 3.88. The van der Waals surface area contributed by atoms with Gasteiger partial charge in [0.05, 0.1) is 17.1 Å². The van der Waals surface area contributed by atoms with Crippen molar-refractivity contribution >= 4 is 11.3 Å². The van der Waals surface area contributed by atoms with Gasteiger partial charge < -0.3 is 4.40 Å². The van der Waals surface area contributed by atoms with Gasteiger partial charge in [0.15, 0.2) is 11.5 Å². The Morgan fingerprint density at radius 1 is 0.929 bits per heavy atom. The summed E-state index contributed by atoms with van der Waals surface area (Å²) in [5.41, 5.74) is 9.02. The van der Waals surface area contributed by atoms with Crippen LogP contribution >= 0.6 is 0 Å². The molecule has 0 atom stereocenters. The molecular formula is C22H20N6. The van der Waals surface area contributed by atoms with Gasteiger partial charge in [0.25, 0.3) is 0 Å². The van der Waals surface area contributed by atoms with E-state index in [4.69, 9.17) is 9.97 Å². The van der Waals surface area contributed by atoms with Crippen LogP contribution in [0.4, 0.5) is 0 Å². The molecule has 1 aromatic carbocycles. The summed E-state index contributed by atoms with van der Waals surface area (Å²) in [6, 6.07) is 10.5. The van der Waals surface area contributed by atoms with Gasteiger partial charge in [0.1, 0.15) is 5.65 Å². The van der Waals surface area contributed by atoms with E-state index < -0.39 is 0 Å². The third-order valence-corrected chi connectivity index (χ3v) is 5.09. The van der Waals surface area contributed by atoms with Crippen molar-refractivity contribution in [2.75, 3.05) is 0 Å². The number of benzene rings is 1. The van der Waals surface area contributed by atoms with Gasteiger partial charge in [0.2, 0.25) is 0 Å². The molecule has 0 spiro atoms. The van der Waals surface area contributed by atoms with Crippen molar-refractivity contribution < 1.29 is 0 Å². The lowest BCUT2D eigenvalue weighted by atomic mass is 10.0. The molecule has 0 bridgehead atoms. The number of hydrogen-bond acceptors (Lipinski definition) is 4. The van der Waals surface area contributed by atoms with Gasteiger partial charge >= 0.3 is 0 Å². The maximum atomic E-state index is 4.84. The molecule has 0 aliphatic carbocycles. The van der Waals surface area contributed by atoms with Gasteiger partial charge in [-0.15, -0.1) is 5.10 Å². The Labute approximate surface area is 162 Å². The summed E-state index contributed by atoms with van der Waals surface area (Å²) in [6.45, 7) is 8.15. The van der Waals surface area contributed by atoms with E-state index in [1.165, 1.54) is 11.1 Å². The summed E-state index contributed by atoms with van der Waals surface area (Å²) in [5, 5.41) is 4.67. The lowest BCUT2D eigenvalue weighted by Crippen LogP contribution is -1.97. The summed E-state index contributed by atoms with van der Waals surface area (Å²) in [5.74, 6) is 0.678. The van der Waals surface area contributed by atoms with Crippen molar-refractivity contribution in [1.29, 1.82) is 0 Å². The van der Waals surface area contributed by atoms with Crippen LogP contribution in [-0.4, -0.2) is 29.0 Å². The molecule has 0 aliphatic heterocycles. The number of rotatable bonds is 2. The first-order valence-electron chi connectivity index (χ1n) is 9.25. The van der Waals surface area contributed by atoms with E-state index in [0.29, 0.717) is 5.82 Å². The molecule has 0 aliphatic rings. The van der Waals surface area contributed by atoms with Crippen LogP contribution < -0.4 is 0 Å². The molecule has 0 unspecified atom stereocenters. The fourth-order valence-electron chi connectivity index (χ4n) is 3.57. The second kappa shape index (κ2) is 5.99. The van der Waals surface area contributed by atoms with Crippen molar-refractivity contribution in [2.45, 2.75) is 27.7 Å². The highest BCUT2D eigenvalue weighted by Crippen LogP contribution is 2.26. The molecule has 5 rings (SSSR count). The minimum absolute atomic E-state index is 0.678. The summed E-state index contributed by atoms with van der Waals surface area (Å²) in [6.07, 6.45) is 5.88. The first-order chi connectivity index (χ1) is 13.5. The van der Waals surface area contributed by atoms with Gasteiger partial charge in [-0.2, -0.15) is 0 Å². The molecule has 0 N–H and O–H groups in total. The molecule has 28 heavy (non-hydrogen) atoms. The second-order valence-corrected chi connectivity index (χ2v) is 7.28. The average Bonchev–Trinajstić information content (AvgIpc) is 3.29. The van der Waals surface area contributed by atoms with Crippen molar-refractivity contribution in [3.8, 4) is 22.6 Å². The van der Waals surface area contributed by atoms with Crippen LogP contribution in [0.25, 0.3) is 33.9 Å². The molecule has 4 heterocycles. The maximum Gasteiger partial charge on any atom is 0.182 e. The van der Waals surface area contributed by atoms with Crippen LogP contribution in [0.2, 0.25) is 0 Å². The average molecular weight is 368 g/mol. The van der Waals surface area contributed by atoms with Crippen molar-refractivity contribution in [2.24, 2.45) is 0 Å². The Hall–Kier alpha value is -3.54. The van der Waals surface area contributed by atoms with Crippen LogP contribution in [-0.2, 0) is 0 Å². The van der Waals surface area contributed by atoms with Crippen molar-refractivity contribution in [3.05, 3.63) is 71.4 Å². The minimum Gasteiger partial charge on any atom is -0.306 e. The molecule has 0 saturated carbocycles. The molecule has 5 aromatic rings. The monoisotopic (exact) mass is 368 g/mol. The highest BCUT2D eigenvalue weighted by molar-refractivity contribution is 5.69. The topological polar surface area (TPSA) is 60.4 Å². The summed E-state index contributed by atoms with van der Waals surface area (Å²) >= 11 is 0. The van der Waals surface area contributed by atoms with E-state index in [1.54, 1.807) is 0 Å². The van der Waals surface area contributed by atoms with Gasteiger partial charge in [-0.3, -0.25) is 4.98 Å². The highest BCUT2D eigenvalue weighted by atomic mass is 15.3. The third-order valence-electron chi connectivity index (χ3n) is 5.09. The smallest absolute Gasteiger partial charge is 0.182 e. The molecule has 6 heteroatoms. The minimum atomic E-state index is 0.678. The molecular weight excluding hydrogens is 348 g/mol. The molecule has 0 saturated heterocycles. The van der Waals surface area contributed by atoms with Gasteiger partial charge in [-0.25, -0.2) is 14.5 Å². The number of imidazole rings is 1. The normalized spacial score (nSPS) is 11.6. The van der Waals surface area contributed by atoms with Crippen LogP contribution in [0.3, 0.4) is 0 Å². The summed E-state index contributed by atoms with van der Waals surface area (Å²) in [4.78, 5) is 13.9. The fraction of sp³-hybridized carbons (Fsp3) is 0.182. The summed E-state index contributed by atoms with van der Waals surface area (Å²) in [7, 11) is 0. The molecule has 138 valence electrons. The first-order valence-corrected chi connectivity index (χ1v) is 9.25. The Morgan fingerprint density at radius 3 is 2.57 bits per heavy atom. The van der Waals surface area contributed by atoms with E-state index in [0.717, 1.165) is 39.5 Å². The van der Waals surface area contributed by atoms with E-state index in [9.17, 15) is 0 Å². The molecule has 0 radical (unpaired) electrons. The van der Waals surface area contributed by atoms with Crippen LogP contribution in [0.15, 0.2) is 48.9 Å². The molecule has 0 fully saturated rings. The quantitative estimate of drug-likeness (QED) is 0.465. The van der Waals surface area contributed by atoms with Crippen molar-refractivity contribution in [3.63, 3.8) is 0 Å². The third kappa shape index (κ3) is 2.57. The first kappa shape index (κ1) is 16.6. The standard InChI is InChI=1S/C22H20N6/c1-13-5-6-18(14(2)9-13)19-12-27-8-7-17(10-20(27)24-19)21-25-22-16(4)23-11-15(3)28(22)26-21/h5-12H,1-4H3. The Balaban J connectivity index is 1.62. The van der Waals surface area contributed by atoms with Crippen LogP contribution in [0.5, 0.6) is 0 Å². The number of hydrogen-bond donors (Lipinski definition) is 0. The second-order valence-electron chi connectivity index (χ2n) is 7.28. The Morgan fingerprint density at radius 2 is 1.79 bits per heavy atom. The number of nitrogens with zero attached hydrogens (tertiary/aromatic N) is 6. The fourth-order valence-corrected chi connectivity index (χ4v) is 3.57. The van der Waals surface area contributed by atoms with E-state index in [-0.39, 0.29) is 0 Å². The van der Waals surface area contributed by atoms with E-state index >= 15 is 0 Å². The van der Waals surface area contributed by atoms with E-state index in [2.05, 4.69) is 48.3 Å². The van der Waals surface area contributed by atoms with Crippen molar-refractivity contribution in [1.82, 2.24) is 29.0 Å². The Kier molecular flexibility index (Phi) is 3.55. The van der Waals surface area contributed by atoms with Gasteiger partial charge in [-0.05, 0) is 45.4 Å². The lowest BCUT2D eigenvalue weighted by Gasteiger charge is -2.02. The number of pyridine rings is 1. The zero-order valence-corrected chi connectivity index (χ0v) is 16.3. The number of fused-ring (bicyclic) bond motifs is 2. The maximum absolute atomic E-state index is 4.84. The lowest BCUT2D eigenvalue weighted by molar-refractivity contribution is 0.891. The predicted octanol–water partition coefficient (Wildman–Crippen LogP) is 4.34. The van der Waals surface area contributed by atoms with Crippen LogP contribution in [0.1, 0.15) is 22.5 Å². The Bertz CT molecular complexity index is 1320.